The third kappa shape index (κ3) is 2.85. The molecule has 1 aromatic rings. The molecule has 5 heteroatoms. The summed E-state index contributed by atoms with van der Waals surface area (Å²) in [7, 11) is 1.35. The van der Waals surface area contributed by atoms with E-state index < -0.39 is 11.6 Å². The highest BCUT2D eigenvalue weighted by atomic mass is 19.1. The van der Waals surface area contributed by atoms with Crippen LogP contribution < -0.4 is 0 Å². The predicted molar refractivity (Wildman–Crippen MR) is 61.8 cm³/mol. The summed E-state index contributed by atoms with van der Waals surface area (Å²) >= 11 is 0. The van der Waals surface area contributed by atoms with Gasteiger partial charge in [-0.1, -0.05) is 0 Å². The van der Waals surface area contributed by atoms with E-state index in [1.165, 1.54) is 19.2 Å². The number of rotatable bonds is 3. The SMILES string of the molecule is COC(=O)C1CCCN1Cc1cc(F)cc(F)c1. The Bertz CT molecular complexity index is 430. The summed E-state index contributed by atoms with van der Waals surface area (Å²) < 4.78 is 30.9. The van der Waals surface area contributed by atoms with Crippen LogP contribution in [0.4, 0.5) is 8.78 Å². The van der Waals surface area contributed by atoms with Crippen molar-refractivity contribution in [3.05, 3.63) is 35.4 Å². The van der Waals surface area contributed by atoms with E-state index in [1.807, 2.05) is 4.90 Å². The molecule has 3 nitrogen and oxygen atoms in total. The van der Waals surface area contributed by atoms with Gasteiger partial charge < -0.3 is 4.74 Å². The van der Waals surface area contributed by atoms with Crippen LogP contribution in [0.3, 0.4) is 0 Å². The minimum atomic E-state index is -0.598. The van der Waals surface area contributed by atoms with Gasteiger partial charge in [0.2, 0.25) is 0 Å². The van der Waals surface area contributed by atoms with Crippen molar-refractivity contribution >= 4 is 5.97 Å². The number of carbonyl (C=O) groups excluding carboxylic acids is 1. The molecule has 1 aliphatic rings. The standard InChI is InChI=1S/C13H15F2NO2/c1-18-13(17)12-3-2-4-16(12)8-9-5-10(14)7-11(15)6-9/h5-7,12H,2-4,8H2,1H3. The van der Waals surface area contributed by atoms with Gasteiger partial charge in [0, 0.05) is 12.6 Å². The quantitative estimate of drug-likeness (QED) is 0.775. The number of nitrogens with zero attached hydrogens (tertiary/aromatic N) is 1. The van der Waals surface area contributed by atoms with E-state index in [0.717, 1.165) is 25.5 Å². The summed E-state index contributed by atoms with van der Waals surface area (Å²) in [6.45, 7) is 1.09. The van der Waals surface area contributed by atoms with Crippen LogP contribution in [0, 0.1) is 11.6 Å². The maximum absolute atomic E-state index is 13.1. The molecule has 1 fully saturated rings. The molecule has 0 bridgehead atoms. The monoisotopic (exact) mass is 255 g/mol. The Morgan fingerprint density at radius 2 is 2.06 bits per heavy atom. The fourth-order valence-electron chi connectivity index (χ4n) is 2.36. The fraction of sp³-hybridized carbons (Fsp3) is 0.462. The molecule has 1 saturated heterocycles. The molecular formula is C13H15F2NO2. The van der Waals surface area contributed by atoms with E-state index in [1.54, 1.807) is 0 Å². The summed E-state index contributed by atoms with van der Waals surface area (Å²) in [5.74, 6) is -1.48. The Balaban J connectivity index is 2.10. The molecule has 0 aliphatic carbocycles. The molecule has 0 saturated carbocycles. The van der Waals surface area contributed by atoms with Gasteiger partial charge in [0.1, 0.15) is 17.7 Å². The zero-order valence-corrected chi connectivity index (χ0v) is 10.2. The molecule has 0 spiro atoms. The first kappa shape index (κ1) is 13.0. The molecule has 98 valence electrons. The van der Waals surface area contributed by atoms with Gasteiger partial charge in [0.05, 0.1) is 7.11 Å². The summed E-state index contributed by atoms with van der Waals surface area (Å²) in [6, 6.07) is 3.11. The second-order valence-electron chi connectivity index (χ2n) is 4.43. The summed E-state index contributed by atoms with van der Waals surface area (Å²) in [5, 5.41) is 0. The fourth-order valence-corrected chi connectivity index (χ4v) is 2.36. The number of hydrogen-bond donors (Lipinski definition) is 0. The predicted octanol–water partition coefficient (Wildman–Crippen LogP) is 2.10. The third-order valence-corrected chi connectivity index (χ3v) is 3.14. The Kier molecular flexibility index (Phi) is 3.91. The normalized spacial score (nSPS) is 20.1. The molecule has 0 aromatic heterocycles. The van der Waals surface area contributed by atoms with Crippen LogP contribution in [-0.4, -0.2) is 30.6 Å². The summed E-state index contributed by atoms with van der Waals surface area (Å²) in [4.78, 5) is 13.4. The van der Waals surface area contributed by atoms with Gasteiger partial charge in [-0.05, 0) is 37.1 Å². The topological polar surface area (TPSA) is 29.5 Å². The van der Waals surface area contributed by atoms with Crippen LogP contribution in [0.5, 0.6) is 0 Å². The lowest BCUT2D eigenvalue weighted by atomic mass is 10.1. The lowest BCUT2D eigenvalue weighted by Crippen LogP contribution is -2.36. The van der Waals surface area contributed by atoms with E-state index in [4.69, 9.17) is 4.74 Å². The van der Waals surface area contributed by atoms with E-state index >= 15 is 0 Å². The second-order valence-corrected chi connectivity index (χ2v) is 4.43. The highest BCUT2D eigenvalue weighted by molar-refractivity contribution is 5.75. The summed E-state index contributed by atoms with van der Waals surface area (Å²) in [5.41, 5.74) is 0.531. The van der Waals surface area contributed by atoms with Gasteiger partial charge in [-0.3, -0.25) is 9.69 Å². The number of carbonyl (C=O) groups is 1. The molecule has 1 atom stereocenters. The lowest BCUT2D eigenvalue weighted by molar-refractivity contribution is -0.146. The van der Waals surface area contributed by atoms with Crippen molar-refractivity contribution in [2.45, 2.75) is 25.4 Å². The van der Waals surface area contributed by atoms with Crippen LogP contribution >= 0.6 is 0 Å². The molecule has 1 aliphatic heterocycles. The first-order valence-corrected chi connectivity index (χ1v) is 5.87. The Morgan fingerprint density at radius 1 is 1.39 bits per heavy atom. The van der Waals surface area contributed by atoms with Gasteiger partial charge >= 0.3 is 5.97 Å². The van der Waals surface area contributed by atoms with Crippen LogP contribution in [-0.2, 0) is 16.1 Å². The van der Waals surface area contributed by atoms with Crippen molar-refractivity contribution < 1.29 is 18.3 Å². The molecule has 1 heterocycles. The molecular weight excluding hydrogens is 240 g/mol. The number of benzene rings is 1. The average Bonchev–Trinajstić information content (AvgIpc) is 2.74. The minimum absolute atomic E-state index is 0.288. The number of methoxy groups -OCH3 is 1. The number of ether oxygens (including phenoxy) is 1. The average molecular weight is 255 g/mol. The lowest BCUT2D eigenvalue weighted by Gasteiger charge is -2.22. The van der Waals surface area contributed by atoms with Crippen LogP contribution in [0.25, 0.3) is 0 Å². The van der Waals surface area contributed by atoms with E-state index in [-0.39, 0.29) is 12.0 Å². The highest BCUT2D eigenvalue weighted by Gasteiger charge is 2.31. The highest BCUT2D eigenvalue weighted by Crippen LogP contribution is 2.21. The molecule has 18 heavy (non-hydrogen) atoms. The van der Waals surface area contributed by atoms with Gasteiger partial charge in [0.15, 0.2) is 0 Å². The van der Waals surface area contributed by atoms with Crippen LogP contribution in [0.15, 0.2) is 18.2 Å². The van der Waals surface area contributed by atoms with Gasteiger partial charge in [0.25, 0.3) is 0 Å². The van der Waals surface area contributed by atoms with Gasteiger partial charge in [-0.15, -0.1) is 0 Å². The molecule has 1 unspecified atom stereocenters. The number of esters is 1. The smallest absolute Gasteiger partial charge is 0.323 e. The Morgan fingerprint density at radius 3 is 2.67 bits per heavy atom. The Labute approximate surface area is 104 Å². The molecule has 0 amide bonds. The van der Waals surface area contributed by atoms with Crippen molar-refractivity contribution in [3.8, 4) is 0 Å². The first-order chi connectivity index (χ1) is 8.60. The maximum atomic E-state index is 13.1. The van der Waals surface area contributed by atoms with Crippen molar-refractivity contribution in [2.75, 3.05) is 13.7 Å². The van der Waals surface area contributed by atoms with E-state index in [2.05, 4.69) is 0 Å². The third-order valence-electron chi connectivity index (χ3n) is 3.14. The number of hydrogen-bond acceptors (Lipinski definition) is 3. The van der Waals surface area contributed by atoms with Crippen molar-refractivity contribution in [1.82, 2.24) is 4.90 Å². The maximum Gasteiger partial charge on any atom is 0.323 e. The largest absolute Gasteiger partial charge is 0.468 e. The Hall–Kier alpha value is -1.49. The number of halogens is 2. The van der Waals surface area contributed by atoms with Gasteiger partial charge in [-0.25, -0.2) is 8.78 Å². The zero-order chi connectivity index (χ0) is 13.1. The van der Waals surface area contributed by atoms with Crippen LogP contribution in [0.1, 0.15) is 18.4 Å². The molecule has 2 rings (SSSR count). The minimum Gasteiger partial charge on any atom is -0.468 e. The molecule has 0 N–H and O–H groups in total. The first-order valence-electron chi connectivity index (χ1n) is 5.87. The molecule has 0 radical (unpaired) electrons. The van der Waals surface area contributed by atoms with Crippen molar-refractivity contribution in [3.63, 3.8) is 0 Å². The summed E-state index contributed by atoms with van der Waals surface area (Å²) in [6.07, 6.45) is 1.61. The second kappa shape index (κ2) is 5.44. The zero-order valence-electron chi connectivity index (χ0n) is 10.2. The van der Waals surface area contributed by atoms with Crippen LogP contribution in [0.2, 0.25) is 0 Å². The number of likely N-dealkylation sites (tertiary alicyclic amines) is 1. The van der Waals surface area contributed by atoms with Crippen molar-refractivity contribution in [2.24, 2.45) is 0 Å². The van der Waals surface area contributed by atoms with Crippen molar-refractivity contribution in [1.29, 1.82) is 0 Å². The van der Waals surface area contributed by atoms with Gasteiger partial charge in [-0.2, -0.15) is 0 Å². The molecule has 1 aromatic carbocycles. The van der Waals surface area contributed by atoms with E-state index in [0.29, 0.717) is 12.1 Å². The van der Waals surface area contributed by atoms with E-state index in [9.17, 15) is 13.6 Å².